The standard InChI is InChI=1S/C14H10BrClN4/c15-11-6-9(16)3-4-10(11)13-12(14(17)20-19-13)8-2-1-5-18-7-8/h1-7H,(H3,17,19,20). The Morgan fingerprint density at radius 3 is 2.80 bits per heavy atom. The van der Waals surface area contributed by atoms with Gasteiger partial charge in [-0.15, -0.1) is 0 Å². The number of nitrogens with one attached hydrogen (secondary N) is 1. The largest absolute Gasteiger partial charge is 0.382 e. The first-order valence-corrected chi connectivity index (χ1v) is 7.03. The maximum atomic E-state index is 5.98. The molecule has 0 saturated heterocycles. The highest BCUT2D eigenvalue weighted by Crippen LogP contribution is 2.38. The van der Waals surface area contributed by atoms with Crippen LogP contribution in [0.15, 0.2) is 47.2 Å². The van der Waals surface area contributed by atoms with E-state index in [1.165, 1.54) is 0 Å². The summed E-state index contributed by atoms with van der Waals surface area (Å²) in [5.41, 5.74) is 9.50. The molecule has 0 fully saturated rings. The van der Waals surface area contributed by atoms with Gasteiger partial charge >= 0.3 is 0 Å². The summed E-state index contributed by atoms with van der Waals surface area (Å²) in [7, 11) is 0. The van der Waals surface area contributed by atoms with Gasteiger partial charge in [-0.05, 0) is 18.2 Å². The van der Waals surface area contributed by atoms with Crippen molar-refractivity contribution in [3.63, 3.8) is 0 Å². The van der Waals surface area contributed by atoms with E-state index in [2.05, 4.69) is 31.1 Å². The molecule has 0 saturated carbocycles. The van der Waals surface area contributed by atoms with E-state index >= 15 is 0 Å². The summed E-state index contributed by atoms with van der Waals surface area (Å²) in [6, 6.07) is 9.38. The number of H-pyrrole nitrogens is 1. The van der Waals surface area contributed by atoms with Crippen molar-refractivity contribution in [3.8, 4) is 22.4 Å². The Labute approximate surface area is 129 Å². The number of nitrogens with zero attached hydrogens (tertiary/aromatic N) is 2. The van der Waals surface area contributed by atoms with Gasteiger partial charge in [-0.3, -0.25) is 10.1 Å². The highest BCUT2D eigenvalue weighted by Gasteiger charge is 2.16. The van der Waals surface area contributed by atoms with Crippen molar-refractivity contribution in [1.82, 2.24) is 15.2 Å². The van der Waals surface area contributed by atoms with Crippen LogP contribution in [-0.4, -0.2) is 15.2 Å². The molecular formula is C14H10BrClN4. The third kappa shape index (κ3) is 2.30. The highest BCUT2D eigenvalue weighted by atomic mass is 79.9. The zero-order chi connectivity index (χ0) is 14.1. The normalized spacial score (nSPS) is 10.7. The zero-order valence-electron chi connectivity index (χ0n) is 10.3. The van der Waals surface area contributed by atoms with Crippen LogP contribution >= 0.6 is 27.5 Å². The van der Waals surface area contributed by atoms with Crippen molar-refractivity contribution < 1.29 is 0 Å². The number of nitrogens with two attached hydrogens (primary N) is 1. The third-order valence-electron chi connectivity index (χ3n) is 2.94. The molecule has 3 aromatic rings. The highest BCUT2D eigenvalue weighted by molar-refractivity contribution is 9.10. The minimum Gasteiger partial charge on any atom is -0.382 e. The minimum atomic E-state index is 0.440. The summed E-state index contributed by atoms with van der Waals surface area (Å²) in [6.45, 7) is 0. The van der Waals surface area contributed by atoms with Gasteiger partial charge in [0.1, 0.15) is 0 Å². The molecule has 0 bridgehead atoms. The number of pyridine rings is 1. The summed E-state index contributed by atoms with van der Waals surface area (Å²) >= 11 is 9.49. The lowest BCUT2D eigenvalue weighted by atomic mass is 10.0. The SMILES string of the molecule is Nc1n[nH]c(-c2ccc(Cl)cc2Br)c1-c1cccnc1. The molecule has 0 aliphatic heterocycles. The molecule has 3 N–H and O–H groups in total. The fourth-order valence-electron chi connectivity index (χ4n) is 2.05. The number of anilines is 1. The van der Waals surface area contributed by atoms with E-state index in [1.807, 2.05) is 30.3 Å². The van der Waals surface area contributed by atoms with Crippen molar-refractivity contribution in [2.45, 2.75) is 0 Å². The zero-order valence-corrected chi connectivity index (χ0v) is 12.6. The molecule has 20 heavy (non-hydrogen) atoms. The van der Waals surface area contributed by atoms with Gasteiger partial charge in [0.15, 0.2) is 5.82 Å². The average Bonchev–Trinajstić information content (AvgIpc) is 2.81. The summed E-state index contributed by atoms with van der Waals surface area (Å²) in [5, 5.41) is 7.74. The van der Waals surface area contributed by atoms with Gasteiger partial charge in [0.05, 0.1) is 11.3 Å². The number of hydrogen-bond acceptors (Lipinski definition) is 3. The van der Waals surface area contributed by atoms with Gasteiger partial charge in [-0.25, -0.2) is 0 Å². The van der Waals surface area contributed by atoms with Gasteiger partial charge in [-0.1, -0.05) is 39.7 Å². The lowest BCUT2D eigenvalue weighted by Gasteiger charge is -2.06. The molecular weight excluding hydrogens is 340 g/mol. The molecule has 100 valence electrons. The van der Waals surface area contributed by atoms with E-state index in [0.717, 1.165) is 26.9 Å². The number of rotatable bonds is 2. The second-order valence-corrected chi connectivity index (χ2v) is 5.52. The van der Waals surface area contributed by atoms with Crippen LogP contribution in [0.25, 0.3) is 22.4 Å². The van der Waals surface area contributed by atoms with E-state index in [0.29, 0.717) is 10.8 Å². The topological polar surface area (TPSA) is 67.6 Å². The Balaban J connectivity index is 2.21. The van der Waals surface area contributed by atoms with Crippen LogP contribution in [0.1, 0.15) is 0 Å². The first-order valence-electron chi connectivity index (χ1n) is 5.86. The number of aromatic amines is 1. The number of benzene rings is 1. The number of nitrogen functional groups attached to an aromatic ring is 1. The van der Waals surface area contributed by atoms with E-state index < -0.39 is 0 Å². The fraction of sp³-hybridized carbons (Fsp3) is 0. The maximum Gasteiger partial charge on any atom is 0.153 e. The molecule has 0 amide bonds. The van der Waals surface area contributed by atoms with Crippen molar-refractivity contribution in [2.75, 3.05) is 5.73 Å². The van der Waals surface area contributed by atoms with E-state index in [-0.39, 0.29) is 0 Å². The van der Waals surface area contributed by atoms with Crippen molar-refractivity contribution in [2.24, 2.45) is 0 Å². The lowest BCUT2D eigenvalue weighted by Crippen LogP contribution is -1.89. The van der Waals surface area contributed by atoms with E-state index in [9.17, 15) is 0 Å². The molecule has 0 unspecified atom stereocenters. The molecule has 0 spiro atoms. The molecule has 3 rings (SSSR count). The van der Waals surface area contributed by atoms with Gasteiger partial charge in [0.2, 0.25) is 0 Å². The Hall–Kier alpha value is -1.85. The lowest BCUT2D eigenvalue weighted by molar-refractivity contribution is 1.10. The number of hydrogen-bond donors (Lipinski definition) is 2. The molecule has 0 atom stereocenters. The predicted molar refractivity (Wildman–Crippen MR) is 84.4 cm³/mol. The molecule has 0 aliphatic rings. The number of halogens is 2. The Morgan fingerprint density at radius 2 is 2.10 bits per heavy atom. The van der Waals surface area contributed by atoms with Gasteiger partial charge in [0, 0.05) is 33.0 Å². The molecule has 0 radical (unpaired) electrons. The molecule has 2 heterocycles. The Bertz CT molecular complexity index is 755. The van der Waals surface area contributed by atoms with Gasteiger partial charge in [-0.2, -0.15) is 5.10 Å². The van der Waals surface area contributed by atoms with Crippen LogP contribution in [0.4, 0.5) is 5.82 Å². The van der Waals surface area contributed by atoms with E-state index in [1.54, 1.807) is 12.4 Å². The first-order chi connectivity index (χ1) is 9.66. The van der Waals surface area contributed by atoms with Crippen LogP contribution in [0.5, 0.6) is 0 Å². The smallest absolute Gasteiger partial charge is 0.153 e. The van der Waals surface area contributed by atoms with Crippen LogP contribution < -0.4 is 5.73 Å². The summed E-state index contributed by atoms with van der Waals surface area (Å²) in [4.78, 5) is 4.12. The second kappa shape index (κ2) is 5.26. The third-order valence-corrected chi connectivity index (χ3v) is 3.84. The molecule has 0 aliphatic carbocycles. The maximum absolute atomic E-state index is 5.98. The summed E-state index contributed by atoms with van der Waals surface area (Å²) < 4.78 is 0.874. The minimum absolute atomic E-state index is 0.440. The van der Waals surface area contributed by atoms with Gasteiger partial charge < -0.3 is 5.73 Å². The number of aromatic nitrogens is 3. The van der Waals surface area contributed by atoms with Crippen LogP contribution in [-0.2, 0) is 0 Å². The van der Waals surface area contributed by atoms with Crippen LogP contribution in [0.2, 0.25) is 5.02 Å². The molecule has 1 aromatic carbocycles. The van der Waals surface area contributed by atoms with E-state index in [4.69, 9.17) is 17.3 Å². The summed E-state index contributed by atoms with van der Waals surface area (Å²) in [5.74, 6) is 0.440. The molecule has 4 nitrogen and oxygen atoms in total. The van der Waals surface area contributed by atoms with Crippen LogP contribution in [0, 0.1) is 0 Å². The fourth-order valence-corrected chi connectivity index (χ4v) is 2.93. The monoisotopic (exact) mass is 348 g/mol. The predicted octanol–water partition coefficient (Wildman–Crippen LogP) is 4.14. The Kier molecular flexibility index (Phi) is 3.46. The van der Waals surface area contributed by atoms with Crippen molar-refractivity contribution in [1.29, 1.82) is 0 Å². The summed E-state index contributed by atoms with van der Waals surface area (Å²) in [6.07, 6.45) is 3.48. The van der Waals surface area contributed by atoms with Gasteiger partial charge in [0.25, 0.3) is 0 Å². The molecule has 6 heteroatoms. The Morgan fingerprint density at radius 1 is 1.25 bits per heavy atom. The molecule has 2 aromatic heterocycles. The first kappa shape index (κ1) is 13.1. The average molecular weight is 350 g/mol. The second-order valence-electron chi connectivity index (χ2n) is 4.22. The van der Waals surface area contributed by atoms with Crippen LogP contribution in [0.3, 0.4) is 0 Å². The quantitative estimate of drug-likeness (QED) is 0.730. The van der Waals surface area contributed by atoms with Crippen molar-refractivity contribution in [3.05, 3.63) is 52.2 Å². The van der Waals surface area contributed by atoms with Crippen molar-refractivity contribution >= 4 is 33.3 Å².